The van der Waals surface area contributed by atoms with Gasteiger partial charge in [-0.2, -0.15) is 0 Å². The molecule has 3 aromatic carbocycles. The SMILES string of the molecule is O=C(O)C(CCn1nnc2ccccc2c1=O)S(=O)(=O)Cc1ccc(-c2ccc(OC(F)(F)F)cc2)cc1. The Labute approximate surface area is 214 Å². The van der Waals surface area contributed by atoms with E-state index in [9.17, 15) is 36.3 Å². The molecule has 4 aromatic rings. The van der Waals surface area contributed by atoms with Gasteiger partial charge in [0.1, 0.15) is 11.3 Å². The summed E-state index contributed by atoms with van der Waals surface area (Å²) in [5, 5.41) is 15.8. The lowest BCUT2D eigenvalue weighted by Gasteiger charge is -2.14. The molecule has 0 saturated heterocycles. The number of hydrogen-bond donors (Lipinski definition) is 1. The van der Waals surface area contributed by atoms with Crippen LogP contribution >= 0.6 is 0 Å². The fourth-order valence-electron chi connectivity index (χ4n) is 3.84. The third-order valence-electron chi connectivity index (χ3n) is 5.68. The monoisotopic (exact) mass is 547 g/mol. The number of rotatable bonds is 9. The van der Waals surface area contributed by atoms with Gasteiger partial charge in [-0.15, -0.1) is 18.3 Å². The zero-order valence-corrected chi connectivity index (χ0v) is 20.3. The van der Waals surface area contributed by atoms with Gasteiger partial charge in [-0.3, -0.25) is 9.59 Å². The van der Waals surface area contributed by atoms with E-state index in [1.807, 2.05) is 0 Å². The van der Waals surface area contributed by atoms with Crippen LogP contribution in [0.1, 0.15) is 12.0 Å². The van der Waals surface area contributed by atoms with Crippen molar-refractivity contribution in [3.8, 4) is 16.9 Å². The van der Waals surface area contributed by atoms with Crippen LogP contribution < -0.4 is 10.3 Å². The molecule has 1 aromatic heterocycles. The van der Waals surface area contributed by atoms with Crippen molar-refractivity contribution in [1.82, 2.24) is 15.0 Å². The first kappa shape index (κ1) is 26.8. The Bertz CT molecular complexity index is 1620. The van der Waals surface area contributed by atoms with Gasteiger partial charge in [-0.25, -0.2) is 13.1 Å². The van der Waals surface area contributed by atoms with Crippen LogP contribution in [-0.4, -0.2) is 46.1 Å². The lowest BCUT2D eigenvalue weighted by atomic mass is 10.0. The second-order valence-corrected chi connectivity index (χ2v) is 10.5. The Morgan fingerprint density at radius 1 is 0.974 bits per heavy atom. The van der Waals surface area contributed by atoms with Gasteiger partial charge in [0.2, 0.25) is 0 Å². The molecule has 198 valence electrons. The second kappa shape index (κ2) is 10.6. The lowest BCUT2D eigenvalue weighted by Crippen LogP contribution is -2.34. The van der Waals surface area contributed by atoms with Crippen molar-refractivity contribution in [3.05, 3.63) is 88.7 Å². The molecular formula is C25H20F3N3O6S. The summed E-state index contributed by atoms with van der Waals surface area (Å²) in [4.78, 5) is 24.4. The summed E-state index contributed by atoms with van der Waals surface area (Å²) in [6.07, 6.45) is -5.20. The molecule has 0 aliphatic heterocycles. The van der Waals surface area contributed by atoms with Gasteiger partial charge in [0.25, 0.3) is 5.56 Å². The molecule has 0 amide bonds. The van der Waals surface area contributed by atoms with Crippen molar-refractivity contribution >= 4 is 26.7 Å². The molecular weight excluding hydrogens is 527 g/mol. The highest BCUT2D eigenvalue weighted by Crippen LogP contribution is 2.27. The fourth-order valence-corrected chi connectivity index (χ4v) is 5.47. The summed E-state index contributed by atoms with van der Waals surface area (Å²) < 4.78 is 67.7. The van der Waals surface area contributed by atoms with Crippen LogP contribution in [0.25, 0.3) is 22.0 Å². The molecule has 0 aliphatic carbocycles. The maximum absolute atomic E-state index is 13.0. The van der Waals surface area contributed by atoms with Crippen molar-refractivity contribution in [2.45, 2.75) is 30.3 Å². The van der Waals surface area contributed by atoms with Crippen LogP contribution in [0, 0.1) is 0 Å². The van der Waals surface area contributed by atoms with Gasteiger partial charge in [0, 0.05) is 6.54 Å². The van der Waals surface area contributed by atoms with E-state index < -0.39 is 45.2 Å². The van der Waals surface area contributed by atoms with E-state index in [0.717, 1.165) is 16.8 Å². The predicted octanol–water partition coefficient (Wildman–Crippen LogP) is 3.82. The Balaban J connectivity index is 1.46. The van der Waals surface area contributed by atoms with Crippen LogP contribution in [0.4, 0.5) is 13.2 Å². The van der Waals surface area contributed by atoms with Crippen LogP contribution in [0.2, 0.25) is 0 Å². The smallest absolute Gasteiger partial charge is 0.480 e. The number of alkyl halides is 3. The first-order valence-electron chi connectivity index (χ1n) is 11.1. The van der Waals surface area contributed by atoms with E-state index in [1.165, 1.54) is 24.3 Å². The zero-order chi connectivity index (χ0) is 27.5. The number of hydrogen-bond acceptors (Lipinski definition) is 7. The molecule has 0 aliphatic rings. The third kappa shape index (κ3) is 6.35. The van der Waals surface area contributed by atoms with Crippen molar-refractivity contribution in [3.63, 3.8) is 0 Å². The minimum atomic E-state index is -4.80. The minimum absolute atomic E-state index is 0.264. The van der Waals surface area contributed by atoms with Crippen molar-refractivity contribution in [2.75, 3.05) is 0 Å². The van der Waals surface area contributed by atoms with E-state index in [4.69, 9.17) is 0 Å². The number of carboxylic acids is 1. The molecule has 0 fully saturated rings. The van der Waals surface area contributed by atoms with Crippen molar-refractivity contribution in [2.24, 2.45) is 0 Å². The molecule has 13 heteroatoms. The number of fused-ring (bicyclic) bond motifs is 1. The molecule has 0 bridgehead atoms. The predicted molar refractivity (Wildman–Crippen MR) is 131 cm³/mol. The van der Waals surface area contributed by atoms with Crippen molar-refractivity contribution < 1.29 is 36.2 Å². The number of aryl methyl sites for hydroxylation is 1. The Morgan fingerprint density at radius 2 is 1.58 bits per heavy atom. The third-order valence-corrected chi connectivity index (χ3v) is 7.72. The first-order chi connectivity index (χ1) is 17.9. The maximum Gasteiger partial charge on any atom is 0.573 e. The van der Waals surface area contributed by atoms with E-state index in [2.05, 4.69) is 15.0 Å². The Morgan fingerprint density at radius 3 is 2.18 bits per heavy atom. The first-order valence-corrected chi connectivity index (χ1v) is 12.9. The highest BCUT2D eigenvalue weighted by Gasteiger charge is 2.33. The summed E-state index contributed by atoms with van der Waals surface area (Å²) >= 11 is 0. The molecule has 0 radical (unpaired) electrons. The average Bonchev–Trinajstić information content (AvgIpc) is 2.85. The van der Waals surface area contributed by atoms with Crippen molar-refractivity contribution in [1.29, 1.82) is 0 Å². The fraction of sp³-hybridized carbons (Fsp3) is 0.200. The van der Waals surface area contributed by atoms with E-state index in [0.29, 0.717) is 22.2 Å². The quantitative estimate of drug-likeness (QED) is 0.335. The molecule has 1 heterocycles. The number of benzene rings is 3. The van der Waals surface area contributed by atoms with Gasteiger partial charge >= 0.3 is 12.3 Å². The molecule has 0 saturated carbocycles. The van der Waals surface area contributed by atoms with Crippen LogP contribution in [0.15, 0.2) is 77.6 Å². The minimum Gasteiger partial charge on any atom is -0.480 e. The number of ether oxygens (including phenoxy) is 1. The summed E-state index contributed by atoms with van der Waals surface area (Å²) in [5.74, 6) is -2.49. The van der Waals surface area contributed by atoms with Gasteiger partial charge in [-0.05, 0) is 47.4 Å². The number of sulfone groups is 1. The van der Waals surface area contributed by atoms with E-state index in [1.54, 1.807) is 36.4 Å². The van der Waals surface area contributed by atoms with E-state index >= 15 is 0 Å². The molecule has 1 unspecified atom stereocenters. The van der Waals surface area contributed by atoms with Crippen LogP contribution in [-0.2, 0) is 26.9 Å². The van der Waals surface area contributed by atoms with Gasteiger partial charge in [0.15, 0.2) is 15.1 Å². The average molecular weight is 548 g/mol. The summed E-state index contributed by atoms with van der Waals surface area (Å²) in [7, 11) is -4.19. The van der Waals surface area contributed by atoms with Gasteiger partial charge in [0.05, 0.1) is 11.1 Å². The zero-order valence-electron chi connectivity index (χ0n) is 19.5. The highest BCUT2D eigenvalue weighted by atomic mass is 32.2. The molecule has 9 nitrogen and oxygen atoms in total. The second-order valence-electron chi connectivity index (χ2n) is 8.33. The van der Waals surface area contributed by atoms with E-state index in [-0.39, 0.29) is 17.7 Å². The standard InChI is InChI=1S/C25H20F3N3O6S/c26-25(27,28)37-19-11-9-18(10-12-19)17-7-5-16(6-8-17)15-38(35,36)22(24(33)34)13-14-31-23(32)20-3-1-2-4-21(20)29-30-31/h1-12,22H,13-15H2,(H,33,34). The number of aliphatic carboxylic acids is 1. The highest BCUT2D eigenvalue weighted by molar-refractivity contribution is 7.92. The number of carbonyl (C=O) groups is 1. The summed E-state index contributed by atoms with van der Waals surface area (Å²) in [6.45, 7) is -0.264. The Hall–Kier alpha value is -4.26. The molecule has 1 atom stereocenters. The molecule has 0 spiro atoms. The summed E-state index contributed by atoms with van der Waals surface area (Å²) in [6, 6.07) is 17.8. The molecule has 1 N–H and O–H groups in total. The topological polar surface area (TPSA) is 128 Å². The molecule has 4 rings (SSSR count). The number of nitrogens with zero attached hydrogens (tertiary/aromatic N) is 3. The van der Waals surface area contributed by atoms with Gasteiger partial charge in [-0.1, -0.05) is 53.7 Å². The maximum atomic E-state index is 13.0. The lowest BCUT2D eigenvalue weighted by molar-refractivity contribution is -0.274. The van der Waals surface area contributed by atoms with Crippen LogP contribution in [0.3, 0.4) is 0 Å². The molecule has 38 heavy (non-hydrogen) atoms. The normalized spacial score (nSPS) is 12.8. The van der Waals surface area contributed by atoms with Crippen LogP contribution in [0.5, 0.6) is 5.75 Å². The number of carboxylic acid groups (broad SMARTS) is 1. The summed E-state index contributed by atoms with van der Waals surface area (Å²) in [5.41, 5.74) is 1.35. The Kier molecular flexibility index (Phi) is 7.49. The number of halogens is 3. The largest absolute Gasteiger partial charge is 0.573 e. The number of aromatic nitrogens is 3. The van der Waals surface area contributed by atoms with Gasteiger partial charge < -0.3 is 9.84 Å².